The lowest BCUT2D eigenvalue weighted by molar-refractivity contribution is -0.143. The second-order valence-corrected chi connectivity index (χ2v) is 5.91. The molecule has 5 atom stereocenters. The summed E-state index contributed by atoms with van der Waals surface area (Å²) in [5.74, 6) is -0.203. The molecular weight excluding hydrogens is 282 g/mol. The van der Waals surface area contributed by atoms with Crippen LogP contribution in [-0.2, 0) is 19.1 Å². The molecule has 0 aliphatic carbocycles. The van der Waals surface area contributed by atoms with Crippen molar-refractivity contribution in [2.45, 2.75) is 64.9 Å². The van der Waals surface area contributed by atoms with Crippen molar-refractivity contribution in [2.24, 2.45) is 5.92 Å². The lowest BCUT2D eigenvalue weighted by atomic mass is 9.88. The Labute approximate surface area is 132 Å². The first-order valence-electron chi connectivity index (χ1n) is 7.75. The number of ether oxygens (including phenoxy) is 2. The molecule has 0 bridgehead atoms. The van der Waals surface area contributed by atoms with Crippen LogP contribution in [0.5, 0.6) is 0 Å². The van der Waals surface area contributed by atoms with E-state index in [1.54, 1.807) is 13.0 Å². The first-order valence-corrected chi connectivity index (χ1v) is 7.75. The van der Waals surface area contributed by atoms with Crippen LogP contribution in [0.15, 0.2) is 24.8 Å². The molecule has 1 heterocycles. The lowest BCUT2D eigenvalue weighted by Crippen LogP contribution is -2.50. The van der Waals surface area contributed by atoms with Gasteiger partial charge in [0.05, 0.1) is 18.2 Å². The van der Waals surface area contributed by atoms with Gasteiger partial charge >= 0.3 is 5.97 Å². The van der Waals surface area contributed by atoms with Crippen molar-refractivity contribution in [3.63, 3.8) is 0 Å². The van der Waals surface area contributed by atoms with Gasteiger partial charge < -0.3 is 14.8 Å². The van der Waals surface area contributed by atoms with Crippen LogP contribution in [0.1, 0.15) is 40.5 Å². The third-order valence-corrected chi connectivity index (χ3v) is 3.81. The number of nitrogens with one attached hydrogen (secondary N) is 1. The number of rotatable bonds is 6. The van der Waals surface area contributed by atoms with Gasteiger partial charge in [0.25, 0.3) is 0 Å². The van der Waals surface area contributed by atoms with Crippen molar-refractivity contribution in [1.82, 2.24) is 5.32 Å². The standard InChI is InChI=1S/C17H27NO4/c1-6-7-16-11(2)10-15(13(4)22-16)18-17(20)9-8-12(3)21-14(5)19/h6,8-9,11-13,15-16H,1,7,10H2,2-5H3,(H,18,20)/t11-,12-,13+,15+,16-/m0/s1. The molecule has 1 N–H and O–H groups in total. The fourth-order valence-corrected chi connectivity index (χ4v) is 2.63. The predicted molar refractivity (Wildman–Crippen MR) is 85.2 cm³/mol. The molecule has 1 amide bonds. The van der Waals surface area contributed by atoms with Gasteiger partial charge in [-0.3, -0.25) is 9.59 Å². The lowest BCUT2D eigenvalue weighted by Gasteiger charge is -2.39. The highest BCUT2D eigenvalue weighted by molar-refractivity contribution is 5.87. The minimum Gasteiger partial charge on any atom is -0.459 e. The van der Waals surface area contributed by atoms with E-state index in [9.17, 15) is 9.59 Å². The summed E-state index contributed by atoms with van der Waals surface area (Å²) in [4.78, 5) is 22.7. The molecule has 1 aliphatic heterocycles. The molecular formula is C17H27NO4. The van der Waals surface area contributed by atoms with Gasteiger partial charge in [0.1, 0.15) is 6.10 Å². The van der Waals surface area contributed by atoms with Crippen LogP contribution < -0.4 is 5.32 Å². The van der Waals surface area contributed by atoms with Crippen molar-refractivity contribution in [1.29, 1.82) is 0 Å². The van der Waals surface area contributed by atoms with Crippen LogP contribution in [0.2, 0.25) is 0 Å². The molecule has 0 aromatic rings. The summed E-state index contributed by atoms with van der Waals surface area (Å²) in [6.45, 7) is 10.9. The molecule has 5 heteroatoms. The Kier molecular flexibility index (Phi) is 7.32. The van der Waals surface area contributed by atoms with E-state index in [1.807, 2.05) is 13.0 Å². The summed E-state index contributed by atoms with van der Waals surface area (Å²) < 4.78 is 10.9. The average molecular weight is 309 g/mol. The summed E-state index contributed by atoms with van der Waals surface area (Å²) >= 11 is 0. The maximum absolute atomic E-state index is 12.0. The van der Waals surface area contributed by atoms with Gasteiger partial charge in [-0.1, -0.05) is 13.0 Å². The molecule has 1 fully saturated rings. The SMILES string of the molecule is C=CC[C@@H]1O[C@H](C)[C@H](NC(=O)C=C[C@H](C)OC(C)=O)C[C@@H]1C. The van der Waals surface area contributed by atoms with E-state index in [-0.39, 0.29) is 30.1 Å². The van der Waals surface area contributed by atoms with E-state index in [0.29, 0.717) is 5.92 Å². The number of hydrogen-bond acceptors (Lipinski definition) is 4. The Balaban J connectivity index is 2.49. The Morgan fingerprint density at radius 1 is 1.45 bits per heavy atom. The van der Waals surface area contributed by atoms with Crippen molar-refractivity contribution in [3.8, 4) is 0 Å². The molecule has 5 nitrogen and oxygen atoms in total. The molecule has 1 rings (SSSR count). The van der Waals surface area contributed by atoms with Crippen LogP contribution in [0.4, 0.5) is 0 Å². The molecule has 0 aromatic heterocycles. The normalized spacial score (nSPS) is 29.8. The molecule has 0 unspecified atom stereocenters. The van der Waals surface area contributed by atoms with Crippen LogP contribution in [0, 0.1) is 5.92 Å². The maximum atomic E-state index is 12.0. The second kappa shape index (κ2) is 8.73. The van der Waals surface area contributed by atoms with Crippen molar-refractivity contribution in [3.05, 3.63) is 24.8 Å². The summed E-state index contributed by atoms with van der Waals surface area (Å²) in [5.41, 5.74) is 0. The number of carbonyl (C=O) groups excluding carboxylic acids is 2. The minimum absolute atomic E-state index is 0.0164. The Morgan fingerprint density at radius 3 is 2.73 bits per heavy atom. The van der Waals surface area contributed by atoms with Crippen LogP contribution in [-0.4, -0.2) is 36.2 Å². The third kappa shape index (κ3) is 6.02. The number of amides is 1. The third-order valence-electron chi connectivity index (χ3n) is 3.81. The van der Waals surface area contributed by atoms with Crippen LogP contribution >= 0.6 is 0 Å². The molecule has 0 saturated carbocycles. The predicted octanol–water partition coefficient (Wildman–Crippen LogP) is 2.37. The largest absolute Gasteiger partial charge is 0.459 e. The second-order valence-electron chi connectivity index (χ2n) is 5.91. The van der Waals surface area contributed by atoms with E-state index >= 15 is 0 Å². The summed E-state index contributed by atoms with van der Waals surface area (Å²) in [7, 11) is 0. The van der Waals surface area contributed by atoms with E-state index in [2.05, 4.69) is 18.8 Å². The Morgan fingerprint density at radius 2 is 2.14 bits per heavy atom. The summed E-state index contributed by atoms with van der Waals surface area (Å²) in [6.07, 6.45) is 6.25. The van der Waals surface area contributed by atoms with Crippen LogP contribution in [0.25, 0.3) is 0 Å². The van der Waals surface area contributed by atoms with Gasteiger partial charge in [-0.05, 0) is 38.7 Å². The molecule has 0 radical (unpaired) electrons. The first-order chi connectivity index (χ1) is 10.3. The van der Waals surface area contributed by atoms with E-state index < -0.39 is 6.10 Å². The van der Waals surface area contributed by atoms with Crippen molar-refractivity contribution < 1.29 is 19.1 Å². The Hall–Kier alpha value is -1.62. The molecule has 1 aliphatic rings. The number of esters is 1. The van der Waals surface area contributed by atoms with Gasteiger partial charge in [0.2, 0.25) is 5.91 Å². The van der Waals surface area contributed by atoms with E-state index in [4.69, 9.17) is 9.47 Å². The highest BCUT2D eigenvalue weighted by Crippen LogP contribution is 2.27. The highest BCUT2D eigenvalue weighted by Gasteiger charge is 2.33. The molecule has 22 heavy (non-hydrogen) atoms. The summed E-state index contributed by atoms with van der Waals surface area (Å²) in [6, 6.07) is -0.0164. The summed E-state index contributed by atoms with van der Waals surface area (Å²) in [5, 5.41) is 2.95. The average Bonchev–Trinajstić information content (AvgIpc) is 2.41. The van der Waals surface area contributed by atoms with Crippen molar-refractivity contribution >= 4 is 11.9 Å². The van der Waals surface area contributed by atoms with Gasteiger partial charge in [-0.2, -0.15) is 0 Å². The molecule has 1 saturated heterocycles. The highest BCUT2D eigenvalue weighted by atomic mass is 16.5. The maximum Gasteiger partial charge on any atom is 0.303 e. The van der Waals surface area contributed by atoms with Gasteiger partial charge in [0.15, 0.2) is 0 Å². The molecule has 0 spiro atoms. The quantitative estimate of drug-likeness (QED) is 0.465. The zero-order chi connectivity index (χ0) is 16.7. The van der Waals surface area contributed by atoms with Crippen LogP contribution in [0.3, 0.4) is 0 Å². The van der Waals surface area contributed by atoms with Gasteiger partial charge in [-0.25, -0.2) is 0 Å². The molecule has 0 aromatic carbocycles. The van der Waals surface area contributed by atoms with Gasteiger partial charge in [-0.15, -0.1) is 6.58 Å². The number of carbonyl (C=O) groups is 2. The Bertz CT molecular complexity index is 432. The van der Waals surface area contributed by atoms with Gasteiger partial charge in [0, 0.05) is 13.0 Å². The number of hydrogen-bond donors (Lipinski definition) is 1. The zero-order valence-electron chi connectivity index (χ0n) is 13.9. The van der Waals surface area contributed by atoms with E-state index in [0.717, 1.165) is 12.8 Å². The monoisotopic (exact) mass is 309 g/mol. The van der Waals surface area contributed by atoms with E-state index in [1.165, 1.54) is 13.0 Å². The zero-order valence-corrected chi connectivity index (χ0v) is 13.9. The topological polar surface area (TPSA) is 64.6 Å². The minimum atomic E-state index is -0.417. The fraction of sp³-hybridized carbons (Fsp3) is 0.647. The first kappa shape index (κ1) is 18.4. The fourth-order valence-electron chi connectivity index (χ4n) is 2.63. The smallest absolute Gasteiger partial charge is 0.303 e. The molecule has 124 valence electrons. The van der Waals surface area contributed by atoms with Crippen molar-refractivity contribution in [2.75, 3.05) is 0 Å².